The van der Waals surface area contributed by atoms with Gasteiger partial charge >= 0.3 is 0 Å². The van der Waals surface area contributed by atoms with E-state index >= 15 is 0 Å². The number of morpholine rings is 1. The van der Waals surface area contributed by atoms with Crippen LogP contribution in [0.25, 0.3) is 0 Å². The third-order valence-corrected chi connectivity index (χ3v) is 4.42. The molecular weight excluding hydrogens is 379 g/mol. The van der Waals surface area contributed by atoms with Gasteiger partial charge in [0.15, 0.2) is 10.4 Å². The van der Waals surface area contributed by atoms with Gasteiger partial charge < -0.3 is 14.5 Å². The first-order chi connectivity index (χ1) is 11.6. The molecule has 5 nitrogen and oxygen atoms in total. The van der Waals surface area contributed by atoms with Crippen LogP contribution in [0.1, 0.15) is 22.2 Å². The van der Waals surface area contributed by atoms with Crippen molar-refractivity contribution < 1.29 is 18.3 Å². The third kappa shape index (κ3) is 4.23. The molecular formula is C17H18BrFN2O3. The number of nitrogens with one attached hydrogen (secondary N) is 1. The Hall–Kier alpha value is -1.70. The highest BCUT2D eigenvalue weighted by Gasteiger charge is 2.24. The Kier molecular flexibility index (Phi) is 5.65. The second kappa shape index (κ2) is 7.92. The normalized spacial score (nSPS) is 16.8. The van der Waals surface area contributed by atoms with Gasteiger partial charge in [0.25, 0.3) is 5.91 Å². The maximum atomic E-state index is 13.2. The molecule has 1 fully saturated rings. The smallest absolute Gasteiger partial charge is 0.287 e. The fraction of sp³-hybridized carbons (Fsp3) is 0.353. The van der Waals surface area contributed by atoms with Crippen LogP contribution >= 0.6 is 15.9 Å². The Labute approximate surface area is 147 Å². The zero-order valence-electron chi connectivity index (χ0n) is 13.0. The molecule has 24 heavy (non-hydrogen) atoms. The van der Waals surface area contributed by atoms with Gasteiger partial charge in [0, 0.05) is 19.6 Å². The lowest BCUT2D eigenvalue weighted by Crippen LogP contribution is -2.43. The molecule has 1 amide bonds. The zero-order chi connectivity index (χ0) is 16.9. The Bertz CT molecular complexity index is 683. The monoisotopic (exact) mass is 396 g/mol. The highest BCUT2D eigenvalue weighted by atomic mass is 79.9. The minimum atomic E-state index is -0.277. The van der Waals surface area contributed by atoms with E-state index in [1.54, 1.807) is 24.3 Å². The minimum Gasteiger partial charge on any atom is -0.444 e. The number of amides is 1. The van der Waals surface area contributed by atoms with Gasteiger partial charge in [0.05, 0.1) is 19.3 Å². The predicted molar refractivity (Wildman–Crippen MR) is 90.3 cm³/mol. The van der Waals surface area contributed by atoms with Crippen molar-refractivity contribution in [2.75, 3.05) is 32.8 Å². The van der Waals surface area contributed by atoms with Gasteiger partial charge in [-0.1, -0.05) is 12.1 Å². The number of rotatable bonds is 5. The molecule has 1 N–H and O–H groups in total. The quantitative estimate of drug-likeness (QED) is 0.843. The van der Waals surface area contributed by atoms with Gasteiger partial charge in [-0.2, -0.15) is 0 Å². The molecule has 0 unspecified atom stereocenters. The molecule has 2 aromatic rings. The largest absolute Gasteiger partial charge is 0.444 e. The molecule has 0 spiro atoms. The maximum absolute atomic E-state index is 13.2. The first kappa shape index (κ1) is 17.1. The van der Waals surface area contributed by atoms with E-state index in [1.165, 1.54) is 12.1 Å². The first-order valence-corrected chi connectivity index (χ1v) is 8.53. The predicted octanol–water partition coefficient (Wildman–Crippen LogP) is 2.98. The maximum Gasteiger partial charge on any atom is 0.287 e. The number of carbonyl (C=O) groups is 1. The van der Waals surface area contributed by atoms with E-state index in [0.29, 0.717) is 24.4 Å². The van der Waals surface area contributed by atoms with Gasteiger partial charge in [-0.25, -0.2) is 4.39 Å². The summed E-state index contributed by atoms with van der Waals surface area (Å²) in [6.07, 6.45) is 0. The van der Waals surface area contributed by atoms with Crippen LogP contribution in [-0.4, -0.2) is 43.7 Å². The molecule has 0 saturated carbocycles. The SMILES string of the molecule is O=C(NC[C@@H](c1ccc(F)cc1)N1CCOCC1)c1ccc(Br)o1. The van der Waals surface area contributed by atoms with Crippen LogP contribution in [0.4, 0.5) is 4.39 Å². The summed E-state index contributed by atoms with van der Waals surface area (Å²) in [5, 5.41) is 2.89. The average molecular weight is 397 g/mol. The van der Waals surface area contributed by atoms with Gasteiger partial charge in [-0.3, -0.25) is 9.69 Å². The number of hydrogen-bond donors (Lipinski definition) is 1. The van der Waals surface area contributed by atoms with Crippen LogP contribution < -0.4 is 5.32 Å². The number of ether oxygens (including phenoxy) is 1. The van der Waals surface area contributed by atoms with Crippen molar-refractivity contribution >= 4 is 21.8 Å². The molecule has 0 bridgehead atoms. The lowest BCUT2D eigenvalue weighted by molar-refractivity contribution is 0.0161. The highest BCUT2D eigenvalue weighted by Crippen LogP contribution is 2.22. The summed E-state index contributed by atoms with van der Waals surface area (Å²) in [5.74, 6) is -0.299. The van der Waals surface area contributed by atoms with Crippen molar-refractivity contribution in [2.45, 2.75) is 6.04 Å². The Morgan fingerprint density at radius 2 is 1.92 bits per heavy atom. The molecule has 0 radical (unpaired) electrons. The van der Waals surface area contributed by atoms with Gasteiger partial charge in [0.1, 0.15) is 5.82 Å². The highest BCUT2D eigenvalue weighted by molar-refractivity contribution is 9.10. The van der Waals surface area contributed by atoms with Gasteiger partial charge in [-0.05, 0) is 45.8 Å². The molecule has 0 aliphatic carbocycles. The summed E-state index contributed by atoms with van der Waals surface area (Å²) in [5.41, 5.74) is 0.958. The molecule has 7 heteroatoms. The van der Waals surface area contributed by atoms with Crippen molar-refractivity contribution in [3.63, 3.8) is 0 Å². The van der Waals surface area contributed by atoms with E-state index in [0.717, 1.165) is 18.7 Å². The molecule has 1 saturated heterocycles. The second-order valence-electron chi connectivity index (χ2n) is 5.53. The lowest BCUT2D eigenvalue weighted by atomic mass is 10.0. The van der Waals surface area contributed by atoms with E-state index in [4.69, 9.17) is 9.15 Å². The van der Waals surface area contributed by atoms with Crippen molar-refractivity contribution in [2.24, 2.45) is 0 Å². The molecule has 3 rings (SSSR count). The summed E-state index contributed by atoms with van der Waals surface area (Å²) in [4.78, 5) is 14.4. The third-order valence-electron chi connectivity index (χ3n) is 3.99. The summed E-state index contributed by atoms with van der Waals surface area (Å²) in [6.45, 7) is 3.24. The van der Waals surface area contributed by atoms with Gasteiger partial charge in [0.2, 0.25) is 0 Å². The lowest BCUT2D eigenvalue weighted by Gasteiger charge is -2.34. The standard InChI is InChI=1S/C17H18BrFN2O3/c18-16-6-5-15(24-16)17(22)20-11-14(21-7-9-23-10-8-21)12-1-3-13(19)4-2-12/h1-6,14H,7-11H2,(H,20,22)/t14-/m0/s1. The fourth-order valence-electron chi connectivity index (χ4n) is 2.74. The van der Waals surface area contributed by atoms with Crippen LogP contribution in [0.15, 0.2) is 45.5 Å². The molecule has 1 atom stereocenters. The van der Waals surface area contributed by atoms with Crippen LogP contribution in [0, 0.1) is 5.82 Å². The number of hydrogen-bond acceptors (Lipinski definition) is 4. The zero-order valence-corrected chi connectivity index (χ0v) is 14.6. The van der Waals surface area contributed by atoms with E-state index in [-0.39, 0.29) is 23.5 Å². The summed E-state index contributed by atoms with van der Waals surface area (Å²) in [6, 6.07) is 9.63. The number of nitrogens with zero attached hydrogens (tertiary/aromatic N) is 1. The number of benzene rings is 1. The van der Waals surface area contributed by atoms with E-state index in [1.807, 2.05) is 0 Å². The first-order valence-electron chi connectivity index (χ1n) is 7.74. The number of furan rings is 1. The molecule has 1 aliphatic rings. The topological polar surface area (TPSA) is 54.7 Å². The van der Waals surface area contributed by atoms with Crippen LogP contribution in [0.3, 0.4) is 0 Å². The molecule has 1 aliphatic heterocycles. The number of carbonyl (C=O) groups excluding carboxylic acids is 1. The van der Waals surface area contributed by atoms with Crippen molar-refractivity contribution in [3.8, 4) is 0 Å². The average Bonchev–Trinajstić information content (AvgIpc) is 3.04. The summed E-state index contributed by atoms with van der Waals surface area (Å²) in [7, 11) is 0. The van der Waals surface area contributed by atoms with Crippen LogP contribution in [0.5, 0.6) is 0 Å². The molecule has 1 aromatic heterocycles. The van der Waals surface area contributed by atoms with E-state index < -0.39 is 0 Å². The Balaban J connectivity index is 1.71. The van der Waals surface area contributed by atoms with Crippen molar-refractivity contribution in [1.29, 1.82) is 0 Å². The minimum absolute atomic E-state index is 0.0446. The number of halogens is 2. The molecule has 1 aromatic carbocycles. The summed E-state index contributed by atoms with van der Waals surface area (Å²) < 4.78 is 24.4. The second-order valence-corrected chi connectivity index (χ2v) is 6.31. The Morgan fingerprint density at radius 3 is 2.54 bits per heavy atom. The van der Waals surface area contributed by atoms with Crippen LogP contribution in [0.2, 0.25) is 0 Å². The van der Waals surface area contributed by atoms with Gasteiger partial charge in [-0.15, -0.1) is 0 Å². The Morgan fingerprint density at radius 1 is 1.21 bits per heavy atom. The van der Waals surface area contributed by atoms with Crippen molar-refractivity contribution in [1.82, 2.24) is 10.2 Å². The van der Waals surface area contributed by atoms with E-state index in [2.05, 4.69) is 26.1 Å². The molecule has 2 heterocycles. The van der Waals surface area contributed by atoms with Crippen LogP contribution in [-0.2, 0) is 4.74 Å². The van der Waals surface area contributed by atoms with E-state index in [9.17, 15) is 9.18 Å². The summed E-state index contributed by atoms with van der Waals surface area (Å²) >= 11 is 3.18. The molecule has 128 valence electrons. The fourth-order valence-corrected chi connectivity index (χ4v) is 3.05. The van der Waals surface area contributed by atoms with Crippen molar-refractivity contribution in [3.05, 3.63) is 58.2 Å².